The molecule has 116 valence electrons. The molecule has 0 spiro atoms. The summed E-state index contributed by atoms with van der Waals surface area (Å²) in [6.45, 7) is 5.05. The first kappa shape index (κ1) is 17.1. The number of carboxylic acid groups (broad SMARTS) is 1. The minimum Gasteiger partial charge on any atom is -0.544 e. The van der Waals surface area contributed by atoms with E-state index >= 15 is 0 Å². The zero-order chi connectivity index (χ0) is 16.2. The van der Waals surface area contributed by atoms with Gasteiger partial charge in [-0.25, -0.2) is 4.79 Å². The molecule has 21 heavy (non-hydrogen) atoms. The molecule has 0 aliphatic heterocycles. The third kappa shape index (κ3) is 4.51. The predicted molar refractivity (Wildman–Crippen MR) is 69.8 cm³/mol. The third-order valence-electron chi connectivity index (χ3n) is 2.90. The number of carbonyl (C=O) groups is 2. The molecule has 0 heterocycles. The summed E-state index contributed by atoms with van der Waals surface area (Å²) in [6.07, 6.45) is -2.34. The Hall–Kier alpha value is -1.98. The fourth-order valence-electron chi connectivity index (χ4n) is 1.72. The van der Waals surface area contributed by atoms with Crippen LogP contribution in [-0.4, -0.2) is 24.0 Å². The van der Waals surface area contributed by atoms with Gasteiger partial charge in [-0.15, -0.1) is 0 Å². The number of benzene rings is 1. The van der Waals surface area contributed by atoms with Crippen molar-refractivity contribution in [3.8, 4) is 0 Å². The summed E-state index contributed by atoms with van der Waals surface area (Å²) < 4.78 is 31.8. The summed E-state index contributed by atoms with van der Waals surface area (Å²) in [5.41, 5.74) is 0.980. The largest absolute Gasteiger partial charge is 0.544 e. The SMILES string of the molecule is Cc1ccc(C(=O)OC(CC(C)C)C(F)(F)C(=O)[O-])cc1. The predicted octanol–water partition coefficient (Wildman–Crippen LogP) is 1.95. The molecular formula is C15H17F2O4-. The second-order valence-corrected chi connectivity index (χ2v) is 5.30. The number of hydrogen-bond donors (Lipinski definition) is 0. The molecule has 1 aromatic rings. The van der Waals surface area contributed by atoms with Gasteiger partial charge in [0.1, 0.15) is 5.97 Å². The molecule has 0 N–H and O–H groups in total. The van der Waals surface area contributed by atoms with Gasteiger partial charge in [0.15, 0.2) is 6.10 Å². The molecule has 0 bridgehead atoms. The van der Waals surface area contributed by atoms with Crippen LogP contribution in [0, 0.1) is 12.8 Å². The van der Waals surface area contributed by atoms with Crippen LogP contribution in [0.2, 0.25) is 0 Å². The second kappa shape index (κ2) is 6.65. The second-order valence-electron chi connectivity index (χ2n) is 5.30. The summed E-state index contributed by atoms with van der Waals surface area (Å²) in [5.74, 6) is -8.04. The van der Waals surface area contributed by atoms with Gasteiger partial charge < -0.3 is 14.6 Å². The number of carbonyl (C=O) groups excluding carboxylic acids is 2. The molecule has 1 rings (SSSR count). The van der Waals surface area contributed by atoms with E-state index in [0.717, 1.165) is 5.56 Å². The number of carboxylic acids is 1. The van der Waals surface area contributed by atoms with Crippen LogP contribution in [-0.2, 0) is 9.53 Å². The Kier molecular flexibility index (Phi) is 5.41. The van der Waals surface area contributed by atoms with Crippen LogP contribution in [0.5, 0.6) is 0 Å². The van der Waals surface area contributed by atoms with Gasteiger partial charge in [0.2, 0.25) is 0 Å². The molecule has 0 aromatic heterocycles. The van der Waals surface area contributed by atoms with Gasteiger partial charge in [-0.1, -0.05) is 31.5 Å². The molecule has 0 saturated heterocycles. The number of rotatable bonds is 6. The molecule has 1 unspecified atom stereocenters. The Morgan fingerprint density at radius 1 is 1.24 bits per heavy atom. The lowest BCUT2D eigenvalue weighted by Gasteiger charge is -2.28. The third-order valence-corrected chi connectivity index (χ3v) is 2.90. The van der Waals surface area contributed by atoms with Gasteiger partial charge in [-0.05, 0) is 31.4 Å². The normalized spacial score (nSPS) is 13.0. The van der Waals surface area contributed by atoms with Crippen molar-refractivity contribution in [2.24, 2.45) is 5.92 Å². The van der Waals surface area contributed by atoms with Gasteiger partial charge in [-0.2, -0.15) is 8.78 Å². The van der Waals surface area contributed by atoms with E-state index in [2.05, 4.69) is 0 Å². The fourth-order valence-corrected chi connectivity index (χ4v) is 1.72. The summed E-state index contributed by atoms with van der Waals surface area (Å²) >= 11 is 0. The maximum atomic E-state index is 13.6. The molecule has 0 amide bonds. The van der Waals surface area contributed by atoms with Crippen molar-refractivity contribution >= 4 is 11.9 Å². The zero-order valence-corrected chi connectivity index (χ0v) is 12.1. The van der Waals surface area contributed by atoms with E-state index < -0.39 is 24.0 Å². The maximum absolute atomic E-state index is 13.6. The van der Waals surface area contributed by atoms with E-state index in [1.807, 2.05) is 0 Å². The molecule has 4 nitrogen and oxygen atoms in total. The quantitative estimate of drug-likeness (QED) is 0.753. The Bertz CT molecular complexity index is 509. The topological polar surface area (TPSA) is 66.4 Å². The molecule has 0 aliphatic carbocycles. The Labute approximate surface area is 121 Å². The number of alkyl halides is 2. The van der Waals surface area contributed by atoms with Crippen LogP contribution in [0.25, 0.3) is 0 Å². The molecule has 6 heteroatoms. The first-order chi connectivity index (χ1) is 9.64. The maximum Gasteiger partial charge on any atom is 0.338 e. The highest BCUT2D eigenvalue weighted by molar-refractivity contribution is 5.90. The first-order valence-electron chi connectivity index (χ1n) is 6.51. The standard InChI is InChI=1S/C15H18F2O4/c1-9(2)8-12(15(16,17)14(19)20)21-13(18)11-6-4-10(3)5-7-11/h4-7,9,12H,8H2,1-3H3,(H,19,20)/p-1. The van der Waals surface area contributed by atoms with Crippen molar-refractivity contribution in [2.75, 3.05) is 0 Å². The number of ether oxygens (including phenoxy) is 1. The molecule has 1 atom stereocenters. The van der Waals surface area contributed by atoms with E-state index in [9.17, 15) is 23.5 Å². The number of aliphatic carboxylic acids is 1. The van der Waals surface area contributed by atoms with Crippen molar-refractivity contribution in [1.82, 2.24) is 0 Å². The lowest BCUT2D eigenvalue weighted by Crippen LogP contribution is -2.51. The van der Waals surface area contributed by atoms with E-state index in [-0.39, 0.29) is 17.9 Å². The van der Waals surface area contributed by atoms with E-state index in [1.54, 1.807) is 32.9 Å². The van der Waals surface area contributed by atoms with E-state index in [0.29, 0.717) is 0 Å². The number of hydrogen-bond acceptors (Lipinski definition) is 4. The molecule has 0 radical (unpaired) electrons. The first-order valence-corrected chi connectivity index (χ1v) is 6.51. The molecule has 0 saturated carbocycles. The lowest BCUT2D eigenvalue weighted by atomic mass is 10.0. The summed E-state index contributed by atoms with van der Waals surface area (Å²) in [6, 6.07) is 6.12. The average Bonchev–Trinajstić information content (AvgIpc) is 2.37. The molecule has 1 aromatic carbocycles. The highest BCUT2D eigenvalue weighted by Gasteiger charge is 2.44. The molecular weight excluding hydrogens is 282 g/mol. The zero-order valence-electron chi connectivity index (χ0n) is 12.1. The number of aryl methyl sites for hydroxylation is 1. The summed E-state index contributed by atoms with van der Waals surface area (Å²) in [5, 5.41) is 10.6. The van der Waals surface area contributed by atoms with Gasteiger partial charge in [0, 0.05) is 0 Å². The molecule has 0 fully saturated rings. The van der Waals surface area contributed by atoms with Crippen LogP contribution >= 0.6 is 0 Å². The highest BCUT2D eigenvalue weighted by Crippen LogP contribution is 2.27. The van der Waals surface area contributed by atoms with Gasteiger partial charge in [-0.3, -0.25) is 0 Å². The number of esters is 1. The Balaban J connectivity index is 2.93. The van der Waals surface area contributed by atoms with Gasteiger partial charge in [0.25, 0.3) is 0 Å². The van der Waals surface area contributed by atoms with Crippen LogP contribution in [0.1, 0.15) is 36.2 Å². The van der Waals surface area contributed by atoms with E-state index in [4.69, 9.17) is 4.74 Å². The van der Waals surface area contributed by atoms with Crippen molar-refractivity contribution in [3.05, 3.63) is 35.4 Å². The summed E-state index contributed by atoms with van der Waals surface area (Å²) in [4.78, 5) is 22.4. The number of halogens is 2. The monoisotopic (exact) mass is 299 g/mol. The Morgan fingerprint density at radius 2 is 1.76 bits per heavy atom. The Morgan fingerprint density at radius 3 is 2.19 bits per heavy atom. The summed E-state index contributed by atoms with van der Waals surface area (Å²) in [7, 11) is 0. The smallest absolute Gasteiger partial charge is 0.338 e. The minimum absolute atomic E-state index is 0.0866. The minimum atomic E-state index is -4.23. The highest BCUT2D eigenvalue weighted by atomic mass is 19.3. The molecule has 0 aliphatic rings. The van der Waals surface area contributed by atoms with Crippen molar-refractivity contribution in [1.29, 1.82) is 0 Å². The van der Waals surface area contributed by atoms with Gasteiger partial charge in [0.05, 0.1) is 5.56 Å². The van der Waals surface area contributed by atoms with Crippen molar-refractivity contribution in [3.63, 3.8) is 0 Å². The average molecular weight is 299 g/mol. The fraction of sp³-hybridized carbons (Fsp3) is 0.467. The van der Waals surface area contributed by atoms with Gasteiger partial charge >= 0.3 is 11.9 Å². The van der Waals surface area contributed by atoms with Crippen LogP contribution in [0.4, 0.5) is 8.78 Å². The van der Waals surface area contributed by atoms with Crippen molar-refractivity contribution < 1.29 is 28.2 Å². The van der Waals surface area contributed by atoms with Crippen molar-refractivity contribution in [2.45, 2.75) is 39.2 Å². The van der Waals surface area contributed by atoms with Crippen LogP contribution in [0.3, 0.4) is 0 Å². The lowest BCUT2D eigenvalue weighted by molar-refractivity contribution is -0.336. The van der Waals surface area contributed by atoms with Crippen LogP contribution in [0.15, 0.2) is 24.3 Å². The van der Waals surface area contributed by atoms with E-state index in [1.165, 1.54) is 12.1 Å². The van der Waals surface area contributed by atoms with Crippen LogP contribution < -0.4 is 5.11 Å².